The molecule has 0 unspecified atom stereocenters. The summed E-state index contributed by atoms with van der Waals surface area (Å²) in [6.07, 6.45) is 2.32. The van der Waals surface area contributed by atoms with E-state index in [1.54, 1.807) is 10.3 Å². The first-order valence-corrected chi connectivity index (χ1v) is 7.86. The highest BCUT2D eigenvalue weighted by atomic mass is 32.1. The topological polar surface area (TPSA) is 76.3 Å². The third kappa shape index (κ3) is 1.93. The maximum atomic E-state index is 12.6. The van der Waals surface area contributed by atoms with E-state index >= 15 is 0 Å². The number of nitrogens with zero attached hydrogens (tertiary/aromatic N) is 2. The van der Waals surface area contributed by atoms with Crippen LogP contribution in [0.2, 0.25) is 0 Å². The smallest absolute Gasteiger partial charge is 0.274 e. The van der Waals surface area contributed by atoms with E-state index in [0.29, 0.717) is 24.1 Å². The van der Waals surface area contributed by atoms with Crippen LogP contribution in [0, 0.1) is 11.8 Å². The molecule has 4 rings (SSSR count). The standard InChI is InChI=1S/C14H19N3O2S/c1-8(2)3-11-16-10(7-20-11)12(18)17-6-9-4-14(17,5-9)13(15)19/h7-9H,3-6H2,1-2H3,(H2,15,19). The third-order valence-electron chi connectivity index (χ3n) is 4.27. The molecule has 3 heterocycles. The Morgan fingerprint density at radius 1 is 1.55 bits per heavy atom. The predicted molar refractivity (Wildman–Crippen MR) is 76.3 cm³/mol. The highest BCUT2D eigenvalue weighted by Gasteiger charge is 2.61. The number of hydrogen-bond acceptors (Lipinski definition) is 4. The van der Waals surface area contributed by atoms with Crippen molar-refractivity contribution in [3.05, 3.63) is 16.1 Å². The second-order valence-corrected chi connectivity index (χ2v) is 7.25. The number of carbonyl (C=O) groups excluding carboxylic acids is 2. The molecular weight excluding hydrogens is 274 g/mol. The molecule has 20 heavy (non-hydrogen) atoms. The van der Waals surface area contributed by atoms with Crippen LogP contribution in [0.15, 0.2) is 5.38 Å². The van der Waals surface area contributed by atoms with Crippen LogP contribution in [-0.4, -0.2) is 33.8 Å². The summed E-state index contributed by atoms with van der Waals surface area (Å²) < 4.78 is 0. The lowest BCUT2D eigenvalue weighted by Crippen LogP contribution is -2.57. The highest BCUT2D eigenvalue weighted by molar-refractivity contribution is 7.09. The summed E-state index contributed by atoms with van der Waals surface area (Å²) in [6, 6.07) is 0. The van der Waals surface area contributed by atoms with Crippen LogP contribution in [0.25, 0.3) is 0 Å². The van der Waals surface area contributed by atoms with Crippen LogP contribution in [0.5, 0.6) is 0 Å². The van der Waals surface area contributed by atoms with Crippen molar-refractivity contribution in [1.82, 2.24) is 9.88 Å². The van der Waals surface area contributed by atoms with Crippen molar-refractivity contribution >= 4 is 23.2 Å². The van der Waals surface area contributed by atoms with Gasteiger partial charge in [-0.15, -0.1) is 11.3 Å². The van der Waals surface area contributed by atoms with E-state index in [2.05, 4.69) is 18.8 Å². The van der Waals surface area contributed by atoms with Crippen molar-refractivity contribution in [2.45, 2.75) is 38.6 Å². The molecule has 0 radical (unpaired) electrons. The predicted octanol–water partition coefficient (Wildman–Crippen LogP) is 1.43. The van der Waals surface area contributed by atoms with Gasteiger partial charge in [0.15, 0.2) is 0 Å². The van der Waals surface area contributed by atoms with Gasteiger partial charge in [-0.05, 0) is 24.7 Å². The summed E-state index contributed by atoms with van der Waals surface area (Å²) in [7, 11) is 0. The molecule has 0 atom stereocenters. The van der Waals surface area contributed by atoms with E-state index in [0.717, 1.165) is 24.3 Å². The van der Waals surface area contributed by atoms with Gasteiger partial charge in [-0.1, -0.05) is 13.8 Å². The van der Waals surface area contributed by atoms with Crippen LogP contribution in [0.3, 0.4) is 0 Å². The van der Waals surface area contributed by atoms with E-state index in [1.807, 2.05) is 0 Å². The first-order valence-electron chi connectivity index (χ1n) is 6.98. The van der Waals surface area contributed by atoms with Gasteiger partial charge in [-0.25, -0.2) is 4.98 Å². The van der Waals surface area contributed by atoms with Crippen molar-refractivity contribution in [3.63, 3.8) is 0 Å². The van der Waals surface area contributed by atoms with Crippen molar-refractivity contribution in [2.75, 3.05) is 6.54 Å². The minimum Gasteiger partial charge on any atom is -0.368 e. The molecule has 2 N–H and O–H groups in total. The lowest BCUT2D eigenvalue weighted by atomic mass is 9.73. The molecule has 1 aromatic rings. The second kappa shape index (κ2) is 4.55. The molecule has 0 aromatic carbocycles. The first-order chi connectivity index (χ1) is 9.42. The lowest BCUT2D eigenvalue weighted by molar-refractivity contribution is -0.129. The number of fused-ring (bicyclic) bond motifs is 1. The Bertz CT molecular complexity index is 561. The molecule has 2 saturated heterocycles. The van der Waals surface area contributed by atoms with Crippen LogP contribution in [0.4, 0.5) is 0 Å². The van der Waals surface area contributed by atoms with Crippen molar-refractivity contribution in [2.24, 2.45) is 17.6 Å². The fourth-order valence-electron chi connectivity index (χ4n) is 3.28. The second-order valence-electron chi connectivity index (χ2n) is 6.31. The Kier molecular flexibility index (Phi) is 3.08. The zero-order chi connectivity index (χ0) is 14.5. The van der Waals surface area contributed by atoms with Gasteiger partial charge in [0.25, 0.3) is 5.91 Å². The zero-order valence-electron chi connectivity index (χ0n) is 11.8. The maximum Gasteiger partial charge on any atom is 0.274 e. The van der Waals surface area contributed by atoms with Gasteiger partial charge in [-0.2, -0.15) is 0 Å². The normalized spacial score (nSPS) is 27.8. The molecule has 3 fully saturated rings. The highest BCUT2D eigenvalue weighted by Crippen LogP contribution is 2.50. The summed E-state index contributed by atoms with van der Waals surface area (Å²) in [5, 5.41) is 2.77. The number of thiazole rings is 1. The fourth-order valence-corrected chi connectivity index (χ4v) is 4.26. The number of hydrogen-bond donors (Lipinski definition) is 1. The average Bonchev–Trinajstić information content (AvgIpc) is 2.96. The van der Waals surface area contributed by atoms with Gasteiger partial charge in [0.2, 0.25) is 5.91 Å². The van der Waals surface area contributed by atoms with E-state index in [9.17, 15) is 9.59 Å². The first kappa shape index (κ1) is 13.5. The van der Waals surface area contributed by atoms with Gasteiger partial charge in [-0.3, -0.25) is 9.59 Å². The van der Waals surface area contributed by atoms with Crippen LogP contribution < -0.4 is 5.73 Å². The number of amides is 2. The molecule has 3 aliphatic rings. The largest absolute Gasteiger partial charge is 0.368 e. The van der Waals surface area contributed by atoms with E-state index < -0.39 is 5.54 Å². The molecule has 2 aliphatic heterocycles. The molecule has 5 nitrogen and oxygen atoms in total. The Morgan fingerprint density at radius 3 is 2.85 bits per heavy atom. The molecule has 1 aliphatic carbocycles. The Labute approximate surface area is 122 Å². The van der Waals surface area contributed by atoms with Crippen LogP contribution >= 0.6 is 11.3 Å². The minimum atomic E-state index is -0.733. The average molecular weight is 293 g/mol. The van der Waals surface area contributed by atoms with Gasteiger partial charge < -0.3 is 10.6 Å². The summed E-state index contributed by atoms with van der Waals surface area (Å²) >= 11 is 1.51. The van der Waals surface area contributed by atoms with E-state index in [1.165, 1.54) is 11.3 Å². The third-order valence-corrected chi connectivity index (χ3v) is 5.14. The SMILES string of the molecule is CC(C)Cc1nc(C(=O)N2CC3CC2(C(N)=O)C3)cs1. The molecule has 2 bridgehead atoms. The van der Waals surface area contributed by atoms with Crippen molar-refractivity contribution in [1.29, 1.82) is 0 Å². The maximum absolute atomic E-state index is 12.6. The zero-order valence-corrected chi connectivity index (χ0v) is 12.6. The van der Waals surface area contributed by atoms with Gasteiger partial charge in [0, 0.05) is 18.3 Å². The van der Waals surface area contributed by atoms with Gasteiger partial charge in [0.05, 0.1) is 5.01 Å². The molecule has 1 aromatic heterocycles. The quantitative estimate of drug-likeness (QED) is 0.912. The fraction of sp³-hybridized carbons (Fsp3) is 0.643. The molecule has 6 heteroatoms. The van der Waals surface area contributed by atoms with Crippen molar-refractivity contribution in [3.8, 4) is 0 Å². The summed E-state index contributed by atoms with van der Waals surface area (Å²) in [6.45, 7) is 4.89. The van der Waals surface area contributed by atoms with Crippen molar-refractivity contribution < 1.29 is 9.59 Å². The number of nitrogens with two attached hydrogens (primary N) is 1. The Morgan fingerprint density at radius 2 is 2.25 bits per heavy atom. The summed E-state index contributed by atoms with van der Waals surface area (Å²) in [5.74, 6) is 0.424. The molecule has 108 valence electrons. The minimum absolute atomic E-state index is 0.143. The monoisotopic (exact) mass is 293 g/mol. The number of carbonyl (C=O) groups is 2. The molecule has 1 saturated carbocycles. The van der Waals surface area contributed by atoms with Crippen LogP contribution in [0.1, 0.15) is 42.2 Å². The number of aromatic nitrogens is 1. The Hall–Kier alpha value is -1.43. The van der Waals surface area contributed by atoms with Gasteiger partial charge in [0.1, 0.15) is 11.2 Å². The van der Waals surface area contributed by atoms with E-state index in [4.69, 9.17) is 5.73 Å². The summed E-state index contributed by atoms with van der Waals surface area (Å²) in [5.41, 5.74) is 5.22. The Balaban J connectivity index is 1.79. The molecule has 0 spiro atoms. The number of rotatable bonds is 4. The molecular formula is C14H19N3O2S. The number of primary amides is 1. The summed E-state index contributed by atoms with van der Waals surface area (Å²) in [4.78, 5) is 30.3. The van der Waals surface area contributed by atoms with Gasteiger partial charge >= 0.3 is 0 Å². The molecule has 2 amide bonds. The van der Waals surface area contributed by atoms with Crippen LogP contribution in [-0.2, 0) is 11.2 Å². The van der Waals surface area contributed by atoms with E-state index in [-0.39, 0.29) is 11.8 Å². The lowest BCUT2D eigenvalue weighted by Gasteiger charge is -2.38.